The summed E-state index contributed by atoms with van der Waals surface area (Å²) in [6.45, 7) is 2.57. The molecule has 0 aliphatic carbocycles. The third-order valence-electron chi connectivity index (χ3n) is 3.76. The number of hydrogen-bond acceptors (Lipinski definition) is 5. The molecule has 0 saturated carbocycles. The van der Waals surface area contributed by atoms with E-state index in [2.05, 4.69) is 10.1 Å². The number of nitrogens with zero attached hydrogens (tertiary/aromatic N) is 2. The number of aromatic nitrogens is 2. The van der Waals surface area contributed by atoms with E-state index in [1.54, 1.807) is 49.6 Å². The first-order chi connectivity index (χ1) is 12.6. The Morgan fingerprint density at radius 2 is 1.96 bits per heavy atom. The first-order valence-electron chi connectivity index (χ1n) is 8.23. The summed E-state index contributed by atoms with van der Waals surface area (Å²) >= 11 is 0. The first kappa shape index (κ1) is 17.5. The number of ether oxygens (including phenoxy) is 2. The minimum Gasteiger partial charge on any atom is -0.493 e. The first-order valence-corrected chi connectivity index (χ1v) is 8.23. The average Bonchev–Trinajstić information content (AvgIpc) is 2.66. The van der Waals surface area contributed by atoms with Gasteiger partial charge in [-0.05, 0) is 42.3 Å². The smallest absolute Gasteiger partial charge is 0.349 e. The summed E-state index contributed by atoms with van der Waals surface area (Å²) in [5.74, 6) is 1.19. The second-order valence-corrected chi connectivity index (χ2v) is 5.60. The van der Waals surface area contributed by atoms with Crippen LogP contribution in [0, 0.1) is 0 Å². The van der Waals surface area contributed by atoms with Gasteiger partial charge in [-0.15, -0.1) is 4.68 Å². The summed E-state index contributed by atoms with van der Waals surface area (Å²) in [5, 5.41) is 4.44. The van der Waals surface area contributed by atoms with Crippen LogP contribution in [0.1, 0.15) is 18.9 Å². The van der Waals surface area contributed by atoms with Crippen molar-refractivity contribution in [2.75, 3.05) is 13.7 Å². The van der Waals surface area contributed by atoms with Crippen molar-refractivity contribution >= 4 is 17.1 Å². The van der Waals surface area contributed by atoms with Crippen molar-refractivity contribution in [1.82, 2.24) is 9.66 Å². The van der Waals surface area contributed by atoms with Crippen molar-refractivity contribution < 1.29 is 9.47 Å². The molecule has 0 fully saturated rings. The van der Waals surface area contributed by atoms with Crippen LogP contribution in [-0.2, 0) is 0 Å². The number of hydrogen-bond donors (Lipinski definition) is 1. The Hall–Kier alpha value is -3.35. The Morgan fingerprint density at radius 3 is 2.73 bits per heavy atom. The summed E-state index contributed by atoms with van der Waals surface area (Å²) in [4.78, 5) is 27.2. The zero-order valence-corrected chi connectivity index (χ0v) is 14.6. The number of benzene rings is 2. The molecule has 1 heterocycles. The molecule has 3 aromatic rings. The van der Waals surface area contributed by atoms with E-state index >= 15 is 0 Å². The Labute approximate surface area is 149 Å². The molecule has 2 aromatic carbocycles. The van der Waals surface area contributed by atoms with Crippen LogP contribution < -0.4 is 20.7 Å². The standard InChI is InChI=1S/C19H19N3O4/c1-3-10-26-17-11-13(8-9-16(17)25-2)12-20-22-18(23)14-6-4-5-7-15(14)21-19(22)24/h4-9,11-12H,3,10H2,1-2H3,(H,21,24)/b20-12-. The van der Waals surface area contributed by atoms with Crippen LogP contribution in [-0.4, -0.2) is 29.6 Å². The fourth-order valence-corrected chi connectivity index (χ4v) is 2.48. The van der Waals surface area contributed by atoms with E-state index in [4.69, 9.17) is 9.47 Å². The molecule has 0 atom stereocenters. The highest BCUT2D eigenvalue weighted by Gasteiger charge is 2.07. The summed E-state index contributed by atoms with van der Waals surface area (Å²) in [7, 11) is 1.57. The molecule has 7 nitrogen and oxygen atoms in total. The molecule has 0 aliphatic heterocycles. The van der Waals surface area contributed by atoms with E-state index < -0.39 is 11.2 Å². The largest absolute Gasteiger partial charge is 0.493 e. The van der Waals surface area contributed by atoms with Gasteiger partial charge in [0.1, 0.15) is 0 Å². The zero-order valence-electron chi connectivity index (χ0n) is 14.6. The maximum absolute atomic E-state index is 12.5. The minimum atomic E-state index is -0.596. The molecular weight excluding hydrogens is 334 g/mol. The highest BCUT2D eigenvalue weighted by atomic mass is 16.5. The Kier molecular flexibility index (Phi) is 5.17. The molecule has 134 valence electrons. The normalized spacial score (nSPS) is 11.2. The molecule has 0 unspecified atom stereocenters. The highest BCUT2D eigenvalue weighted by molar-refractivity contribution is 5.81. The molecule has 7 heteroatoms. The van der Waals surface area contributed by atoms with Crippen LogP contribution in [0.2, 0.25) is 0 Å². The predicted molar refractivity (Wildman–Crippen MR) is 101 cm³/mol. The van der Waals surface area contributed by atoms with Crippen molar-refractivity contribution in [3.8, 4) is 11.5 Å². The number of aromatic amines is 1. The van der Waals surface area contributed by atoms with E-state index in [0.29, 0.717) is 34.6 Å². The molecule has 3 rings (SSSR count). The molecule has 1 N–H and O–H groups in total. The summed E-state index contributed by atoms with van der Waals surface area (Å²) in [6, 6.07) is 12.1. The number of fused-ring (bicyclic) bond motifs is 1. The number of nitrogens with one attached hydrogen (secondary N) is 1. The molecule has 0 spiro atoms. The predicted octanol–water partition coefficient (Wildman–Crippen LogP) is 2.37. The number of para-hydroxylation sites is 1. The lowest BCUT2D eigenvalue weighted by Crippen LogP contribution is -2.32. The van der Waals surface area contributed by atoms with Crippen molar-refractivity contribution in [1.29, 1.82) is 0 Å². The molecule has 0 bridgehead atoms. The summed E-state index contributed by atoms with van der Waals surface area (Å²) in [5.41, 5.74) is 0.0856. The van der Waals surface area contributed by atoms with Gasteiger partial charge >= 0.3 is 5.69 Å². The van der Waals surface area contributed by atoms with Crippen LogP contribution in [0.15, 0.2) is 57.2 Å². The van der Waals surface area contributed by atoms with Gasteiger partial charge in [0.05, 0.1) is 30.8 Å². The fourth-order valence-electron chi connectivity index (χ4n) is 2.48. The van der Waals surface area contributed by atoms with Crippen LogP contribution >= 0.6 is 0 Å². The van der Waals surface area contributed by atoms with E-state index in [1.807, 2.05) is 6.92 Å². The van der Waals surface area contributed by atoms with E-state index in [-0.39, 0.29) is 0 Å². The topological polar surface area (TPSA) is 85.7 Å². The van der Waals surface area contributed by atoms with Crippen molar-refractivity contribution in [2.45, 2.75) is 13.3 Å². The Bertz CT molecular complexity index is 1070. The van der Waals surface area contributed by atoms with E-state index in [0.717, 1.165) is 11.1 Å². The van der Waals surface area contributed by atoms with Crippen molar-refractivity contribution in [2.24, 2.45) is 5.10 Å². The van der Waals surface area contributed by atoms with Gasteiger partial charge in [-0.25, -0.2) is 4.79 Å². The van der Waals surface area contributed by atoms with Crippen LogP contribution in [0.3, 0.4) is 0 Å². The molecule has 0 aliphatic rings. The summed E-state index contributed by atoms with van der Waals surface area (Å²) in [6.07, 6.45) is 2.30. The van der Waals surface area contributed by atoms with Gasteiger partial charge in [0.2, 0.25) is 0 Å². The van der Waals surface area contributed by atoms with Gasteiger partial charge in [-0.1, -0.05) is 19.1 Å². The Morgan fingerprint density at radius 1 is 1.15 bits per heavy atom. The van der Waals surface area contributed by atoms with Gasteiger partial charge in [0, 0.05) is 0 Å². The third kappa shape index (κ3) is 3.51. The van der Waals surface area contributed by atoms with Crippen molar-refractivity contribution in [3.05, 3.63) is 68.9 Å². The van der Waals surface area contributed by atoms with Gasteiger partial charge < -0.3 is 14.5 Å². The number of methoxy groups -OCH3 is 1. The van der Waals surface area contributed by atoms with E-state index in [9.17, 15) is 9.59 Å². The molecule has 1 aromatic heterocycles. The lowest BCUT2D eigenvalue weighted by molar-refractivity contribution is 0.294. The molecule has 26 heavy (non-hydrogen) atoms. The monoisotopic (exact) mass is 353 g/mol. The van der Waals surface area contributed by atoms with Crippen molar-refractivity contribution in [3.63, 3.8) is 0 Å². The lowest BCUT2D eigenvalue weighted by Gasteiger charge is -2.10. The zero-order chi connectivity index (χ0) is 18.5. The molecule has 0 saturated heterocycles. The SMILES string of the molecule is CCCOc1cc(/C=N\n2c(=O)[nH]c3ccccc3c2=O)ccc1OC. The average molecular weight is 353 g/mol. The maximum atomic E-state index is 12.5. The highest BCUT2D eigenvalue weighted by Crippen LogP contribution is 2.27. The number of rotatable bonds is 6. The van der Waals surface area contributed by atoms with Crippen LogP contribution in [0.4, 0.5) is 0 Å². The third-order valence-corrected chi connectivity index (χ3v) is 3.76. The van der Waals surface area contributed by atoms with Gasteiger partial charge in [-0.2, -0.15) is 5.10 Å². The second-order valence-electron chi connectivity index (χ2n) is 5.60. The van der Waals surface area contributed by atoms with Crippen LogP contribution in [0.25, 0.3) is 10.9 Å². The number of H-pyrrole nitrogens is 1. The minimum absolute atomic E-state index is 0.394. The Balaban J connectivity index is 1.99. The van der Waals surface area contributed by atoms with Gasteiger partial charge in [-0.3, -0.25) is 4.79 Å². The van der Waals surface area contributed by atoms with Gasteiger partial charge in [0.25, 0.3) is 5.56 Å². The van der Waals surface area contributed by atoms with Crippen LogP contribution in [0.5, 0.6) is 11.5 Å². The van der Waals surface area contributed by atoms with Gasteiger partial charge in [0.15, 0.2) is 11.5 Å². The maximum Gasteiger partial charge on any atom is 0.349 e. The second kappa shape index (κ2) is 7.69. The molecule has 0 radical (unpaired) electrons. The fraction of sp³-hybridized carbons (Fsp3) is 0.211. The molecule has 0 amide bonds. The molecular formula is C19H19N3O4. The lowest BCUT2D eigenvalue weighted by atomic mass is 10.2. The quantitative estimate of drug-likeness (QED) is 0.690. The summed E-state index contributed by atoms with van der Waals surface area (Å²) < 4.78 is 11.7. The van der Waals surface area contributed by atoms with E-state index in [1.165, 1.54) is 6.21 Å².